The van der Waals surface area contributed by atoms with Gasteiger partial charge in [-0.2, -0.15) is 0 Å². The molecule has 0 aliphatic heterocycles. The highest BCUT2D eigenvalue weighted by atomic mass is 16.5. The molecule has 1 aromatic carbocycles. The SMILES string of the molecule is CC=CCOc1cc(CNC(C)(C)C)c2ccccc2n1. The van der Waals surface area contributed by atoms with E-state index in [0.29, 0.717) is 12.5 Å². The number of pyridine rings is 1. The van der Waals surface area contributed by atoms with Crippen LogP contribution in [0.1, 0.15) is 33.3 Å². The molecule has 0 bridgehead atoms. The Labute approximate surface area is 127 Å². The molecule has 1 heterocycles. The van der Waals surface area contributed by atoms with Crippen LogP contribution in [0.15, 0.2) is 42.5 Å². The summed E-state index contributed by atoms with van der Waals surface area (Å²) in [6, 6.07) is 10.2. The van der Waals surface area contributed by atoms with Crippen molar-refractivity contribution in [2.24, 2.45) is 0 Å². The van der Waals surface area contributed by atoms with Crippen molar-refractivity contribution in [3.8, 4) is 5.88 Å². The number of benzene rings is 1. The summed E-state index contributed by atoms with van der Waals surface area (Å²) in [6.07, 6.45) is 3.95. The van der Waals surface area contributed by atoms with Crippen LogP contribution < -0.4 is 10.1 Å². The van der Waals surface area contributed by atoms with E-state index in [1.807, 2.05) is 43.3 Å². The normalized spacial score (nSPS) is 12.2. The molecule has 3 heteroatoms. The number of aromatic nitrogens is 1. The molecule has 0 radical (unpaired) electrons. The maximum atomic E-state index is 5.70. The van der Waals surface area contributed by atoms with Crippen LogP contribution in [0.25, 0.3) is 10.9 Å². The van der Waals surface area contributed by atoms with Gasteiger partial charge in [-0.3, -0.25) is 0 Å². The Kier molecular flexibility index (Phi) is 4.97. The second kappa shape index (κ2) is 6.72. The highest BCUT2D eigenvalue weighted by molar-refractivity contribution is 5.82. The Morgan fingerprint density at radius 2 is 2.00 bits per heavy atom. The number of fused-ring (bicyclic) bond motifs is 1. The lowest BCUT2D eigenvalue weighted by Gasteiger charge is -2.21. The molecule has 112 valence electrons. The summed E-state index contributed by atoms with van der Waals surface area (Å²) in [6.45, 7) is 9.83. The maximum Gasteiger partial charge on any atom is 0.214 e. The molecule has 3 nitrogen and oxygen atoms in total. The minimum absolute atomic E-state index is 0.0797. The molecule has 1 aromatic heterocycles. The van der Waals surface area contributed by atoms with Crippen molar-refractivity contribution >= 4 is 10.9 Å². The molecule has 2 rings (SSSR count). The lowest BCUT2D eigenvalue weighted by molar-refractivity contribution is 0.348. The highest BCUT2D eigenvalue weighted by Crippen LogP contribution is 2.22. The molecule has 0 unspecified atom stereocenters. The van der Waals surface area contributed by atoms with E-state index in [9.17, 15) is 0 Å². The van der Waals surface area contributed by atoms with Gasteiger partial charge < -0.3 is 10.1 Å². The molecule has 0 spiro atoms. The number of ether oxygens (including phenoxy) is 1. The van der Waals surface area contributed by atoms with E-state index in [4.69, 9.17) is 4.74 Å². The van der Waals surface area contributed by atoms with Gasteiger partial charge in [-0.15, -0.1) is 0 Å². The van der Waals surface area contributed by atoms with Crippen molar-refractivity contribution in [3.05, 3.63) is 48.0 Å². The Bertz CT molecular complexity index is 627. The molecule has 1 N–H and O–H groups in total. The topological polar surface area (TPSA) is 34.1 Å². The lowest BCUT2D eigenvalue weighted by Crippen LogP contribution is -2.35. The summed E-state index contributed by atoms with van der Waals surface area (Å²) in [4.78, 5) is 4.57. The Balaban J connectivity index is 2.31. The summed E-state index contributed by atoms with van der Waals surface area (Å²) < 4.78 is 5.70. The van der Waals surface area contributed by atoms with E-state index in [0.717, 1.165) is 12.1 Å². The van der Waals surface area contributed by atoms with E-state index < -0.39 is 0 Å². The van der Waals surface area contributed by atoms with Gasteiger partial charge in [0.2, 0.25) is 5.88 Å². The smallest absolute Gasteiger partial charge is 0.214 e. The third-order valence-electron chi connectivity index (χ3n) is 3.15. The third kappa shape index (κ3) is 4.57. The summed E-state index contributed by atoms with van der Waals surface area (Å²) in [7, 11) is 0. The number of hydrogen-bond acceptors (Lipinski definition) is 3. The number of allylic oxidation sites excluding steroid dienone is 1. The van der Waals surface area contributed by atoms with Crippen molar-refractivity contribution in [2.75, 3.05) is 6.61 Å². The molecule has 0 fully saturated rings. The van der Waals surface area contributed by atoms with Gasteiger partial charge in [0.1, 0.15) is 6.61 Å². The molecule has 0 aliphatic carbocycles. The Morgan fingerprint density at radius 1 is 1.24 bits per heavy atom. The fourth-order valence-corrected chi connectivity index (χ4v) is 2.03. The fraction of sp³-hybridized carbons (Fsp3) is 0.389. The van der Waals surface area contributed by atoms with Crippen LogP contribution >= 0.6 is 0 Å². The fourth-order valence-electron chi connectivity index (χ4n) is 2.03. The largest absolute Gasteiger partial charge is 0.473 e. The van der Waals surface area contributed by atoms with E-state index in [2.05, 4.69) is 37.1 Å². The molecule has 0 amide bonds. The quantitative estimate of drug-likeness (QED) is 0.840. The van der Waals surface area contributed by atoms with E-state index in [1.165, 1.54) is 10.9 Å². The Hall–Kier alpha value is -1.87. The van der Waals surface area contributed by atoms with Gasteiger partial charge in [-0.1, -0.05) is 30.4 Å². The predicted molar refractivity (Wildman–Crippen MR) is 88.6 cm³/mol. The van der Waals surface area contributed by atoms with Crippen molar-refractivity contribution in [2.45, 2.75) is 39.8 Å². The van der Waals surface area contributed by atoms with Crippen LogP contribution in [0.5, 0.6) is 5.88 Å². The van der Waals surface area contributed by atoms with Gasteiger partial charge in [-0.25, -0.2) is 4.98 Å². The number of para-hydroxylation sites is 1. The minimum atomic E-state index is 0.0797. The molecule has 0 saturated heterocycles. The standard InChI is InChI=1S/C18H24N2O/c1-5-6-11-21-17-12-14(13-19-18(2,3)4)15-9-7-8-10-16(15)20-17/h5-10,12,19H,11,13H2,1-4H3. The minimum Gasteiger partial charge on any atom is -0.473 e. The predicted octanol–water partition coefficient (Wildman–Crippen LogP) is 4.08. The summed E-state index contributed by atoms with van der Waals surface area (Å²) >= 11 is 0. The lowest BCUT2D eigenvalue weighted by atomic mass is 10.1. The molecular weight excluding hydrogens is 260 g/mol. The van der Waals surface area contributed by atoms with Gasteiger partial charge in [-0.05, 0) is 39.3 Å². The van der Waals surface area contributed by atoms with E-state index in [-0.39, 0.29) is 5.54 Å². The summed E-state index contributed by atoms with van der Waals surface area (Å²) in [5, 5.41) is 4.70. The summed E-state index contributed by atoms with van der Waals surface area (Å²) in [5.74, 6) is 0.678. The maximum absolute atomic E-state index is 5.70. The number of rotatable bonds is 5. The van der Waals surface area contributed by atoms with Gasteiger partial charge >= 0.3 is 0 Å². The molecule has 0 aliphatic rings. The van der Waals surface area contributed by atoms with Crippen LogP contribution in [0, 0.1) is 0 Å². The number of nitrogens with one attached hydrogen (secondary N) is 1. The first-order chi connectivity index (χ1) is 9.99. The first-order valence-electron chi connectivity index (χ1n) is 7.37. The molecule has 0 atom stereocenters. The molecule has 0 saturated carbocycles. The van der Waals surface area contributed by atoms with Crippen molar-refractivity contribution in [1.82, 2.24) is 10.3 Å². The first kappa shape index (κ1) is 15.5. The van der Waals surface area contributed by atoms with Gasteiger partial charge in [0.25, 0.3) is 0 Å². The van der Waals surface area contributed by atoms with Gasteiger partial charge in [0, 0.05) is 23.5 Å². The number of hydrogen-bond donors (Lipinski definition) is 1. The van der Waals surface area contributed by atoms with Gasteiger partial charge in [0.15, 0.2) is 0 Å². The van der Waals surface area contributed by atoms with Crippen LogP contribution in [0.2, 0.25) is 0 Å². The zero-order chi connectivity index (χ0) is 15.3. The van der Waals surface area contributed by atoms with Crippen LogP contribution in [0.4, 0.5) is 0 Å². The van der Waals surface area contributed by atoms with Crippen LogP contribution in [-0.2, 0) is 6.54 Å². The van der Waals surface area contributed by atoms with E-state index in [1.54, 1.807) is 0 Å². The zero-order valence-corrected chi connectivity index (χ0v) is 13.3. The van der Waals surface area contributed by atoms with Crippen LogP contribution in [0.3, 0.4) is 0 Å². The molecular formula is C18H24N2O. The molecule has 2 aromatic rings. The average molecular weight is 284 g/mol. The van der Waals surface area contributed by atoms with Crippen molar-refractivity contribution < 1.29 is 4.74 Å². The zero-order valence-electron chi connectivity index (χ0n) is 13.3. The van der Waals surface area contributed by atoms with Crippen LogP contribution in [-0.4, -0.2) is 17.1 Å². The monoisotopic (exact) mass is 284 g/mol. The second-order valence-corrected chi connectivity index (χ2v) is 6.12. The second-order valence-electron chi connectivity index (χ2n) is 6.12. The Morgan fingerprint density at radius 3 is 2.71 bits per heavy atom. The highest BCUT2D eigenvalue weighted by Gasteiger charge is 2.11. The van der Waals surface area contributed by atoms with E-state index >= 15 is 0 Å². The third-order valence-corrected chi connectivity index (χ3v) is 3.15. The first-order valence-corrected chi connectivity index (χ1v) is 7.37. The van der Waals surface area contributed by atoms with Crippen molar-refractivity contribution in [3.63, 3.8) is 0 Å². The summed E-state index contributed by atoms with van der Waals surface area (Å²) in [5.41, 5.74) is 2.27. The van der Waals surface area contributed by atoms with Gasteiger partial charge in [0.05, 0.1) is 5.52 Å². The number of nitrogens with zero attached hydrogens (tertiary/aromatic N) is 1. The van der Waals surface area contributed by atoms with Crippen molar-refractivity contribution in [1.29, 1.82) is 0 Å². The average Bonchev–Trinajstić information content (AvgIpc) is 2.44. The molecule has 21 heavy (non-hydrogen) atoms.